The molecule has 2 unspecified atom stereocenters. The smallest absolute Gasteiger partial charge is 0.309 e. The van der Waals surface area contributed by atoms with Gasteiger partial charge in [0.1, 0.15) is 12.7 Å². The van der Waals surface area contributed by atoms with E-state index in [-0.39, 0.29) is 30.4 Å². The van der Waals surface area contributed by atoms with Crippen LogP contribution in [0.4, 0.5) is 0 Å². The summed E-state index contributed by atoms with van der Waals surface area (Å²) in [5.74, 6) is 1.49. The summed E-state index contributed by atoms with van der Waals surface area (Å²) < 4.78 is 16.6. The number of piperidine rings is 1. The minimum atomic E-state index is -0.106. The number of carbonyl (C=O) groups is 1. The number of hydrogen-bond donors (Lipinski definition) is 0. The number of benzene rings is 1. The van der Waals surface area contributed by atoms with Gasteiger partial charge >= 0.3 is 5.97 Å². The molecule has 22 heavy (non-hydrogen) atoms. The van der Waals surface area contributed by atoms with Crippen LogP contribution in [0.5, 0.6) is 11.5 Å². The number of halogens is 1. The van der Waals surface area contributed by atoms with E-state index in [1.807, 2.05) is 24.3 Å². The summed E-state index contributed by atoms with van der Waals surface area (Å²) in [6.45, 7) is 3.07. The Bertz CT molecular complexity index is 511. The van der Waals surface area contributed by atoms with E-state index in [1.165, 1.54) is 7.11 Å². The van der Waals surface area contributed by atoms with Crippen molar-refractivity contribution in [1.82, 2.24) is 4.90 Å². The SMILES string of the molecule is COC(=O)C1CCCN(CC2COc3ccccc3O2)C1.Cl. The lowest BCUT2D eigenvalue weighted by atomic mass is 9.98. The molecule has 6 heteroatoms. The van der Waals surface area contributed by atoms with E-state index >= 15 is 0 Å². The van der Waals surface area contributed by atoms with Gasteiger partial charge in [0.05, 0.1) is 13.0 Å². The number of nitrogens with zero attached hydrogens (tertiary/aromatic N) is 1. The summed E-state index contributed by atoms with van der Waals surface area (Å²) in [4.78, 5) is 13.9. The highest BCUT2D eigenvalue weighted by molar-refractivity contribution is 5.85. The normalized spacial score (nSPS) is 24.2. The first-order valence-electron chi connectivity index (χ1n) is 7.45. The van der Waals surface area contributed by atoms with E-state index in [0.29, 0.717) is 6.61 Å². The zero-order chi connectivity index (χ0) is 14.7. The molecule has 0 N–H and O–H groups in total. The van der Waals surface area contributed by atoms with E-state index in [2.05, 4.69) is 4.90 Å². The van der Waals surface area contributed by atoms with Crippen LogP contribution in [0.1, 0.15) is 12.8 Å². The number of likely N-dealkylation sites (tertiary alicyclic amines) is 1. The first-order valence-corrected chi connectivity index (χ1v) is 7.45. The zero-order valence-electron chi connectivity index (χ0n) is 12.7. The maximum Gasteiger partial charge on any atom is 0.309 e. The van der Waals surface area contributed by atoms with Gasteiger partial charge in [-0.15, -0.1) is 12.4 Å². The quantitative estimate of drug-likeness (QED) is 0.796. The molecule has 0 aromatic heterocycles. The zero-order valence-corrected chi connectivity index (χ0v) is 13.5. The van der Waals surface area contributed by atoms with Gasteiger partial charge in [0.25, 0.3) is 0 Å². The van der Waals surface area contributed by atoms with E-state index in [4.69, 9.17) is 14.2 Å². The molecule has 2 aliphatic rings. The third-order valence-electron chi connectivity index (χ3n) is 4.07. The van der Waals surface area contributed by atoms with Gasteiger partial charge in [-0.1, -0.05) is 12.1 Å². The van der Waals surface area contributed by atoms with E-state index in [9.17, 15) is 4.79 Å². The Morgan fingerprint density at radius 3 is 2.91 bits per heavy atom. The molecule has 0 amide bonds. The van der Waals surface area contributed by atoms with Crippen LogP contribution in [0.2, 0.25) is 0 Å². The summed E-state index contributed by atoms with van der Waals surface area (Å²) in [6.07, 6.45) is 1.94. The summed E-state index contributed by atoms with van der Waals surface area (Å²) in [6, 6.07) is 7.72. The molecule has 1 aromatic carbocycles. The molecule has 5 nitrogen and oxygen atoms in total. The summed E-state index contributed by atoms with van der Waals surface area (Å²) in [5, 5.41) is 0. The summed E-state index contributed by atoms with van der Waals surface area (Å²) in [5.41, 5.74) is 0. The summed E-state index contributed by atoms with van der Waals surface area (Å²) in [7, 11) is 1.45. The van der Waals surface area contributed by atoms with Crippen molar-refractivity contribution in [3.8, 4) is 11.5 Å². The predicted octanol–water partition coefficient (Wildman–Crippen LogP) is 2.13. The van der Waals surface area contributed by atoms with Crippen LogP contribution in [-0.4, -0.2) is 50.3 Å². The molecule has 0 spiro atoms. The molecule has 3 rings (SSSR count). The van der Waals surface area contributed by atoms with Crippen LogP contribution < -0.4 is 9.47 Å². The van der Waals surface area contributed by atoms with Crippen molar-refractivity contribution in [1.29, 1.82) is 0 Å². The molecule has 0 saturated carbocycles. The standard InChI is InChI=1S/C16H21NO4.ClH/c1-19-16(18)12-5-4-8-17(9-12)10-13-11-20-14-6-2-3-7-15(14)21-13;/h2-3,6-7,12-13H,4-5,8-11H2,1H3;1H. The predicted molar refractivity (Wildman–Crippen MR) is 84.8 cm³/mol. The van der Waals surface area contributed by atoms with Gasteiger partial charge in [-0.2, -0.15) is 0 Å². The topological polar surface area (TPSA) is 48.0 Å². The Morgan fingerprint density at radius 1 is 1.36 bits per heavy atom. The minimum absolute atomic E-state index is 0. The number of rotatable bonds is 3. The monoisotopic (exact) mass is 327 g/mol. The van der Waals surface area contributed by atoms with E-state index in [1.54, 1.807) is 0 Å². The van der Waals surface area contributed by atoms with Crippen LogP contribution in [0, 0.1) is 5.92 Å². The van der Waals surface area contributed by atoms with Gasteiger partial charge in [0.2, 0.25) is 0 Å². The largest absolute Gasteiger partial charge is 0.486 e. The van der Waals surface area contributed by atoms with Gasteiger partial charge in [-0.25, -0.2) is 0 Å². The van der Waals surface area contributed by atoms with Crippen molar-refractivity contribution in [3.05, 3.63) is 24.3 Å². The van der Waals surface area contributed by atoms with Crippen LogP contribution in [0.3, 0.4) is 0 Å². The van der Waals surface area contributed by atoms with Gasteiger partial charge in [-0.3, -0.25) is 9.69 Å². The highest BCUT2D eigenvalue weighted by Gasteiger charge is 2.29. The number of hydrogen-bond acceptors (Lipinski definition) is 5. The second kappa shape index (κ2) is 7.70. The first-order chi connectivity index (χ1) is 10.3. The Morgan fingerprint density at radius 2 is 2.14 bits per heavy atom. The number of para-hydroxylation sites is 2. The molecule has 2 heterocycles. The average molecular weight is 328 g/mol. The molecule has 1 saturated heterocycles. The number of ether oxygens (including phenoxy) is 3. The fourth-order valence-electron chi connectivity index (χ4n) is 3.02. The first kappa shape index (κ1) is 16.9. The number of fused-ring (bicyclic) bond motifs is 1. The molecule has 0 radical (unpaired) electrons. The highest BCUT2D eigenvalue weighted by atomic mass is 35.5. The molecular weight excluding hydrogens is 306 g/mol. The van der Waals surface area contributed by atoms with Crippen molar-refractivity contribution in [2.24, 2.45) is 5.92 Å². The van der Waals surface area contributed by atoms with Crippen molar-refractivity contribution < 1.29 is 19.0 Å². The fourth-order valence-corrected chi connectivity index (χ4v) is 3.02. The molecule has 2 aliphatic heterocycles. The lowest BCUT2D eigenvalue weighted by Crippen LogP contribution is -2.46. The Kier molecular flexibility index (Phi) is 5.91. The lowest BCUT2D eigenvalue weighted by molar-refractivity contribution is -0.147. The maximum atomic E-state index is 11.7. The van der Waals surface area contributed by atoms with Crippen LogP contribution >= 0.6 is 12.4 Å². The van der Waals surface area contributed by atoms with E-state index < -0.39 is 0 Å². The fraction of sp³-hybridized carbons (Fsp3) is 0.562. The summed E-state index contributed by atoms with van der Waals surface area (Å²) >= 11 is 0. The molecule has 0 bridgehead atoms. The average Bonchev–Trinajstić information content (AvgIpc) is 2.54. The van der Waals surface area contributed by atoms with Crippen LogP contribution in [-0.2, 0) is 9.53 Å². The molecule has 1 aromatic rings. The van der Waals surface area contributed by atoms with Crippen molar-refractivity contribution >= 4 is 18.4 Å². The van der Waals surface area contributed by atoms with E-state index in [0.717, 1.165) is 44.0 Å². The van der Waals surface area contributed by atoms with Crippen molar-refractivity contribution in [3.63, 3.8) is 0 Å². The maximum absolute atomic E-state index is 11.7. The number of carbonyl (C=O) groups excluding carboxylic acids is 1. The third-order valence-corrected chi connectivity index (χ3v) is 4.07. The van der Waals surface area contributed by atoms with Gasteiger partial charge in [-0.05, 0) is 31.5 Å². The van der Waals surface area contributed by atoms with Gasteiger partial charge in [0, 0.05) is 13.1 Å². The second-order valence-electron chi connectivity index (χ2n) is 5.62. The lowest BCUT2D eigenvalue weighted by Gasteiger charge is -2.35. The Hall–Kier alpha value is -1.46. The molecular formula is C16H22ClNO4. The molecule has 2 atom stereocenters. The molecule has 122 valence electrons. The van der Waals surface area contributed by atoms with Gasteiger partial charge < -0.3 is 14.2 Å². The van der Waals surface area contributed by atoms with Crippen LogP contribution in [0.15, 0.2) is 24.3 Å². The third kappa shape index (κ3) is 3.84. The highest BCUT2D eigenvalue weighted by Crippen LogP contribution is 2.31. The Balaban J connectivity index is 0.00000176. The molecule has 1 fully saturated rings. The van der Waals surface area contributed by atoms with Crippen LogP contribution in [0.25, 0.3) is 0 Å². The molecule has 0 aliphatic carbocycles. The van der Waals surface area contributed by atoms with Crippen molar-refractivity contribution in [2.75, 3.05) is 33.4 Å². The second-order valence-corrected chi connectivity index (χ2v) is 5.62. The number of esters is 1. The van der Waals surface area contributed by atoms with Gasteiger partial charge in [0.15, 0.2) is 11.5 Å². The van der Waals surface area contributed by atoms with Crippen molar-refractivity contribution in [2.45, 2.75) is 18.9 Å². The number of methoxy groups -OCH3 is 1. The minimum Gasteiger partial charge on any atom is -0.486 e. The Labute approximate surface area is 136 Å².